The second-order valence-corrected chi connectivity index (χ2v) is 9.08. The summed E-state index contributed by atoms with van der Waals surface area (Å²) >= 11 is 1.20. The van der Waals surface area contributed by atoms with Gasteiger partial charge >= 0.3 is 0 Å². The van der Waals surface area contributed by atoms with Crippen LogP contribution in [-0.2, 0) is 5.75 Å². The number of nitrogen functional groups attached to an aromatic ring is 1. The van der Waals surface area contributed by atoms with E-state index in [0.29, 0.717) is 33.4 Å². The molecule has 4 N–H and O–H groups in total. The van der Waals surface area contributed by atoms with Gasteiger partial charge in [0.1, 0.15) is 58.6 Å². The van der Waals surface area contributed by atoms with Crippen molar-refractivity contribution in [2.24, 2.45) is 0 Å². The number of rotatable bonds is 9. The van der Waals surface area contributed by atoms with E-state index in [1.165, 1.54) is 17.8 Å². The maximum Gasteiger partial charge on any atom is 0.229 e. The number of ether oxygens (including phenoxy) is 1. The van der Waals surface area contributed by atoms with Crippen LogP contribution in [0.5, 0.6) is 5.75 Å². The van der Waals surface area contributed by atoms with Crippen LogP contribution in [0.1, 0.15) is 22.6 Å². The second kappa shape index (κ2) is 11.8. The summed E-state index contributed by atoms with van der Waals surface area (Å²) in [6.07, 6.45) is -1.01. The molecule has 1 atom stereocenters. The average Bonchev–Trinajstić information content (AvgIpc) is 3.30. The van der Waals surface area contributed by atoms with Gasteiger partial charge in [0.15, 0.2) is 0 Å². The van der Waals surface area contributed by atoms with E-state index < -0.39 is 18.5 Å². The molecule has 0 fully saturated rings. The fraction of sp³-hybridized carbons (Fsp3) is 0.185. The standard InChI is InChI=1S/C27H22FN5O4S/c1-15-23(32-26(37-15)19-4-2-3-5-22(19)28)14-38-27-21(11-30)24(20(10-29)25(31)33-27)16-6-8-18(9-7-16)36-13-17(35)12-34/h2-9,17,34-35H,12-14H2,1H3,(H2,31,33)/t17-/m0/s1. The molecule has 0 aliphatic rings. The minimum absolute atomic E-state index is 0.0284. The van der Waals surface area contributed by atoms with Gasteiger partial charge in [0, 0.05) is 11.3 Å². The first-order chi connectivity index (χ1) is 18.4. The van der Waals surface area contributed by atoms with E-state index in [2.05, 4.69) is 16.0 Å². The van der Waals surface area contributed by atoms with E-state index in [1.807, 2.05) is 6.07 Å². The molecule has 0 bridgehead atoms. The summed E-state index contributed by atoms with van der Waals surface area (Å²) in [6.45, 7) is 1.20. The highest BCUT2D eigenvalue weighted by atomic mass is 32.2. The third-order valence-corrected chi connectivity index (χ3v) is 6.54. The van der Waals surface area contributed by atoms with Crippen molar-refractivity contribution in [3.8, 4) is 40.5 Å². The van der Waals surface area contributed by atoms with Crippen molar-refractivity contribution in [2.75, 3.05) is 18.9 Å². The molecule has 0 radical (unpaired) electrons. The van der Waals surface area contributed by atoms with Gasteiger partial charge < -0.3 is 25.1 Å². The largest absolute Gasteiger partial charge is 0.491 e. The molecule has 0 aliphatic heterocycles. The number of aliphatic hydroxyl groups excluding tert-OH is 2. The molecule has 38 heavy (non-hydrogen) atoms. The Morgan fingerprint density at radius 1 is 1.11 bits per heavy atom. The fourth-order valence-corrected chi connectivity index (χ4v) is 4.60. The SMILES string of the molecule is Cc1oc(-c2ccccc2F)nc1CSc1nc(N)c(C#N)c(-c2ccc(OC[C@@H](O)CO)cc2)c1C#N. The zero-order valence-corrected chi connectivity index (χ0v) is 21.0. The van der Waals surface area contributed by atoms with Crippen LogP contribution in [0.25, 0.3) is 22.6 Å². The molecule has 11 heteroatoms. The van der Waals surface area contributed by atoms with E-state index in [9.17, 15) is 20.0 Å². The molecule has 2 aromatic heterocycles. The molecular weight excluding hydrogens is 509 g/mol. The smallest absolute Gasteiger partial charge is 0.229 e. The molecule has 2 aromatic carbocycles. The Labute approximate surface area is 222 Å². The number of oxazole rings is 1. The van der Waals surface area contributed by atoms with Crippen molar-refractivity contribution in [3.63, 3.8) is 0 Å². The lowest BCUT2D eigenvalue weighted by atomic mass is 9.97. The molecule has 0 saturated heterocycles. The van der Waals surface area contributed by atoms with Gasteiger partial charge in [-0.15, -0.1) is 0 Å². The van der Waals surface area contributed by atoms with E-state index in [-0.39, 0.29) is 40.8 Å². The maximum absolute atomic E-state index is 14.2. The van der Waals surface area contributed by atoms with Crippen molar-refractivity contribution >= 4 is 17.6 Å². The van der Waals surface area contributed by atoms with Gasteiger partial charge in [-0.3, -0.25) is 0 Å². The summed E-state index contributed by atoms with van der Waals surface area (Å²) in [5.41, 5.74) is 8.01. The lowest BCUT2D eigenvalue weighted by Gasteiger charge is -2.14. The minimum atomic E-state index is -1.01. The van der Waals surface area contributed by atoms with E-state index in [1.54, 1.807) is 49.4 Å². The molecule has 9 nitrogen and oxygen atoms in total. The Kier molecular flexibility index (Phi) is 8.24. The normalized spacial score (nSPS) is 11.5. The summed E-state index contributed by atoms with van der Waals surface area (Å²) in [5, 5.41) is 38.5. The number of thioether (sulfide) groups is 1. The number of aliphatic hydroxyl groups is 2. The highest BCUT2D eigenvalue weighted by Crippen LogP contribution is 2.37. The van der Waals surface area contributed by atoms with Gasteiger partial charge in [-0.25, -0.2) is 14.4 Å². The Morgan fingerprint density at radius 3 is 2.47 bits per heavy atom. The topological polar surface area (TPSA) is 162 Å². The molecule has 0 unspecified atom stereocenters. The molecule has 0 amide bonds. The van der Waals surface area contributed by atoms with Crippen molar-refractivity contribution in [2.45, 2.75) is 23.8 Å². The summed E-state index contributed by atoms with van der Waals surface area (Å²) < 4.78 is 25.3. The predicted molar refractivity (Wildman–Crippen MR) is 138 cm³/mol. The van der Waals surface area contributed by atoms with Gasteiger partial charge in [-0.2, -0.15) is 10.5 Å². The number of anilines is 1. The number of nitrogens with two attached hydrogens (primary N) is 1. The van der Waals surface area contributed by atoms with E-state index in [4.69, 9.17) is 20.0 Å². The minimum Gasteiger partial charge on any atom is -0.491 e. The van der Waals surface area contributed by atoms with Crippen LogP contribution in [-0.4, -0.2) is 39.5 Å². The Balaban J connectivity index is 1.64. The zero-order chi connectivity index (χ0) is 27.2. The number of aromatic nitrogens is 2. The highest BCUT2D eigenvalue weighted by Gasteiger charge is 2.22. The van der Waals surface area contributed by atoms with Gasteiger partial charge in [-0.1, -0.05) is 36.0 Å². The summed E-state index contributed by atoms with van der Waals surface area (Å²) in [7, 11) is 0. The molecule has 2 heterocycles. The van der Waals surface area contributed by atoms with Gasteiger partial charge in [0.05, 0.1) is 23.4 Å². The van der Waals surface area contributed by atoms with Crippen molar-refractivity contribution in [3.05, 3.63) is 76.9 Å². The van der Waals surface area contributed by atoms with Gasteiger partial charge in [0.25, 0.3) is 0 Å². The van der Waals surface area contributed by atoms with Crippen molar-refractivity contribution < 1.29 is 23.8 Å². The lowest BCUT2D eigenvalue weighted by Crippen LogP contribution is -2.21. The van der Waals surface area contributed by atoms with Crippen LogP contribution in [0.4, 0.5) is 10.2 Å². The first-order valence-electron chi connectivity index (χ1n) is 11.4. The Bertz CT molecular complexity index is 1540. The number of pyridine rings is 1. The average molecular weight is 532 g/mol. The molecule has 0 spiro atoms. The third kappa shape index (κ3) is 5.61. The Morgan fingerprint density at radius 2 is 1.82 bits per heavy atom. The zero-order valence-electron chi connectivity index (χ0n) is 20.2. The van der Waals surface area contributed by atoms with Crippen LogP contribution >= 0.6 is 11.8 Å². The van der Waals surface area contributed by atoms with E-state index >= 15 is 0 Å². The molecular formula is C27H22FN5O4S. The number of hydrogen-bond donors (Lipinski definition) is 3. The number of nitriles is 2. The summed E-state index contributed by atoms with van der Waals surface area (Å²) in [6, 6.07) is 16.9. The van der Waals surface area contributed by atoms with Crippen LogP contribution in [0.3, 0.4) is 0 Å². The first-order valence-corrected chi connectivity index (χ1v) is 12.3. The molecule has 4 aromatic rings. The highest BCUT2D eigenvalue weighted by molar-refractivity contribution is 7.98. The molecule has 0 saturated carbocycles. The van der Waals surface area contributed by atoms with Crippen LogP contribution in [0.2, 0.25) is 0 Å². The molecule has 192 valence electrons. The Hall–Kier alpha value is -4.42. The monoisotopic (exact) mass is 531 g/mol. The number of aryl methyl sites for hydroxylation is 1. The summed E-state index contributed by atoms with van der Waals surface area (Å²) in [5.74, 6) is 0.862. The van der Waals surface area contributed by atoms with Crippen molar-refractivity contribution in [1.82, 2.24) is 9.97 Å². The van der Waals surface area contributed by atoms with Gasteiger partial charge in [0.2, 0.25) is 5.89 Å². The van der Waals surface area contributed by atoms with Gasteiger partial charge in [-0.05, 0) is 36.8 Å². The number of halogens is 1. The number of hydrogen-bond acceptors (Lipinski definition) is 10. The quantitative estimate of drug-likeness (QED) is 0.267. The maximum atomic E-state index is 14.2. The molecule has 4 rings (SSSR count). The lowest BCUT2D eigenvalue weighted by molar-refractivity contribution is 0.0536. The first kappa shape index (κ1) is 26.6. The van der Waals surface area contributed by atoms with Crippen LogP contribution < -0.4 is 10.5 Å². The number of nitrogens with zero attached hydrogens (tertiary/aromatic N) is 4. The van der Waals surface area contributed by atoms with Crippen LogP contribution in [0, 0.1) is 35.4 Å². The van der Waals surface area contributed by atoms with Crippen LogP contribution in [0.15, 0.2) is 58.0 Å². The second-order valence-electron chi connectivity index (χ2n) is 8.11. The predicted octanol–water partition coefficient (Wildman–Crippen LogP) is 4.20. The van der Waals surface area contributed by atoms with Crippen molar-refractivity contribution in [1.29, 1.82) is 10.5 Å². The molecule has 0 aliphatic carbocycles. The fourth-order valence-electron chi connectivity index (χ4n) is 3.60. The number of benzene rings is 2. The third-order valence-electron chi connectivity index (χ3n) is 5.55. The summed E-state index contributed by atoms with van der Waals surface area (Å²) in [4.78, 5) is 8.73. The van der Waals surface area contributed by atoms with E-state index in [0.717, 1.165) is 0 Å².